The highest BCUT2D eigenvalue weighted by Crippen LogP contribution is 2.30. The Morgan fingerprint density at radius 3 is 1.71 bits per heavy atom. The SMILES string of the molecule is CCC/C=C\C/C=C\CCCCCCCC(=O)NC(COC1OC(CO)C(OC2OC(CO)C(O)C(O)C2O)C(O)C1O)C(O)/C=C/CC/C=C/CC/C=C/CCCCCCCC. The molecule has 2 saturated heterocycles. The minimum atomic E-state index is -1.79. The predicted molar refractivity (Wildman–Crippen MR) is 244 cm³/mol. The van der Waals surface area contributed by atoms with E-state index in [1.165, 1.54) is 38.5 Å². The van der Waals surface area contributed by atoms with Gasteiger partial charge in [-0.15, -0.1) is 0 Å². The predicted octanol–water partition coefficient (Wildman–Crippen LogP) is 5.49. The van der Waals surface area contributed by atoms with Crippen LogP contribution in [0.15, 0.2) is 60.8 Å². The Bertz CT molecular complexity index is 1290. The minimum Gasteiger partial charge on any atom is -0.394 e. The van der Waals surface area contributed by atoms with Crippen LogP contribution in [0.2, 0.25) is 0 Å². The van der Waals surface area contributed by atoms with Crippen LogP contribution in [0.5, 0.6) is 0 Å². The molecule has 0 saturated carbocycles. The van der Waals surface area contributed by atoms with E-state index in [2.05, 4.69) is 67.8 Å². The van der Waals surface area contributed by atoms with Gasteiger partial charge in [-0.2, -0.15) is 0 Å². The summed E-state index contributed by atoms with van der Waals surface area (Å²) in [5.41, 5.74) is 0. The molecule has 9 N–H and O–H groups in total. The molecular formula is C49H85NO13. The van der Waals surface area contributed by atoms with Crippen molar-refractivity contribution in [2.24, 2.45) is 0 Å². The Morgan fingerprint density at radius 1 is 0.571 bits per heavy atom. The molecule has 1 amide bonds. The van der Waals surface area contributed by atoms with Crippen LogP contribution in [0.1, 0.15) is 149 Å². The van der Waals surface area contributed by atoms with E-state index in [-0.39, 0.29) is 18.9 Å². The average molecular weight is 896 g/mol. The van der Waals surface area contributed by atoms with Gasteiger partial charge >= 0.3 is 0 Å². The normalized spacial score (nSPS) is 28.0. The number of unbranched alkanes of at least 4 members (excludes halogenated alkanes) is 14. The third kappa shape index (κ3) is 23.6. The second kappa shape index (κ2) is 35.9. The topological polar surface area (TPSA) is 228 Å². The fourth-order valence-corrected chi connectivity index (χ4v) is 7.42. The first-order chi connectivity index (χ1) is 30.6. The molecule has 0 spiro atoms. The van der Waals surface area contributed by atoms with Gasteiger partial charge in [-0.05, 0) is 70.6 Å². The zero-order valence-electron chi connectivity index (χ0n) is 38.3. The van der Waals surface area contributed by atoms with Crippen molar-refractivity contribution >= 4 is 5.91 Å². The van der Waals surface area contributed by atoms with E-state index in [4.69, 9.17) is 18.9 Å². The monoisotopic (exact) mass is 896 g/mol. The molecule has 364 valence electrons. The summed E-state index contributed by atoms with van der Waals surface area (Å²) in [7, 11) is 0. The van der Waals surface area contributed by atoms with Gasteiger partial charge in [0.15, 0.2) is 12.6 Å². The van der Waals surface area contributed by atoms with Crippen LogP contribution in [0.25, 0.3) is 0 Å². The standard InChI is InChI=1S/C49H85NO13/c1-3-5-7-9-11-13-15-17-18-19-21-22-24-26-28-30-32-38(53)37(50-41(54)33-31-29-27-25-23-20-16-14-12-10-8-6-4-2)36-60-48-46(59)44(57)47(40(35-52)62-48)63-49-45(58)43(56)42(55)39(34-51)61-49/h8,10,14,16-18,22,24,30,32,37-40,42-49,51-53,55-59H,3-7,9,11-13,15,19-21,23,25-29,31,33-36H2,1-2H3,(H,50,54)/b10-8-,16-14-,18-17+,24-22+,32-30+. The molecule has 0 aromatic heterocycles. The number of carbonyl (C=O) groups is 1. The van der Waals surface area contributed by atoms with Gasteiger partial charge in [0.2, 0.25) is 5.91 Å². The fourth-order valence-electron chi connectivity index (χ4n) is 7.42. The first-order valence-corrected chi connectivity index (χ1v) is 24.0. The molecule has 0 aromatic carbocycles. The minimum absolute atomic E-state index is 0.251. The summed E-state index contributed by atoms with van der Waals surface area (Å²) in [6.07, 6.45) is 25.5. The molecule has 0 bridgehead atoms. The maximum atomic E-state index is 13.1. The first kappa shape index (κ1) is 56.8. The fraction of sp³-hybridized carbons (Fsp3) is 0.776. The lowest BCUT2D eigenvalue weighted by molar-refractivity contribution is -0.359. The number of aliphatic hydroxyl groups is 8. The number of ether oxygens (including phenoxy) is 4. The second-order valence-corrected chi connectivity index (χ2v) is 16.9. The summed E-state index contributed by atoms with van der Waals surface area (Å²) in [5.74, 6) is -0.273. The van der Waals surface area contributed by atoms with Crippen LogP contribution in [-0.2, 0) is 23.7 Å². The average Bonchev–Trinajstić information content (AvgIpc) is 3.28. The molecule has 0 radical (unpaired) electrons. The smallest absolute Gasteiger partial charge is 0.220 e. The maximum Gasteiger partial charge on any atom is 0.220 e. The van der Waals surface area contributed by atoms with Gasteiger partial charge < -0.3 is 65.1 Å². The van der Waals surface area contributed by atoms with E-state index in [1.807, 2.05) is 6.08 Å². The summed E-state index contributed by atoms with van der Waals surface area (Å²) in [6, 6.07) is -0.945. The molecule has 2 heterocycles. The van der Waals surface area contributed by atoms with Gasteiger partial charge in [0.05, 0.1) is 32.0 Å². The molecule has 2 aliphatic heterocycles. The van der Waals surface area contributed by atoms with Crippen molar-refractivity contribution in [1.82, 2.24) is 5.32 Å². The van der Waals surface area contributed by atoms with Crippen molar-refractivity contribution in [1.29, 1.82) is 0 Å². The highest BCUT2D eigenvalue weighted by atomic mass is 16.7. The zero-order chi connectivity index (χ0) is 46.1. The molecule has 14 nitrogen and oxygen atoms in total. The lowest BCUT2D eigenvalue weighted by Crippen LogP contribution is -2.65. The molecule has 63 heavy (non-hydrogen) atoms. The van der Waals surface area contributed by atoms with Crippen LogP contribution in [-0.4, -0.2) is 140 Å². The highest BCUT2D eigenvalue weighted by Gasteiger charge is 2.51. The van der Waals surface area contributed by atoms with Crippen LogP contribution >= 0.6 is 0 Å². The number of hydrogen-bond acceptors (Lipinski definition) is 13. The number of hydrogen-bond donors (Lipinski definition) is 9. The summed E-state index contributed by atoms with van der Waals surface area (Å²) in [5, 5.41) is 86.5. The molecule has 2 rings (SSSR count). The maximum absolute atomic E-state index is 13.1. The van der Waals surface area contributed by atoms with Crippen molar-refractivity contribution in [2.75, 3.05) is 19.8 Å². The number of carbonyl (C=O) groups excluding carboxylic acids is 1. The third-order valence-corrected chi connectivity index (χ3v) is 11.4. The Hall–Kier alpha value is -2.31. The van der Waals surface area contributed by atoms with Crippen molar-refractivity contribution < 1.29 is 64.6 Å². The van der Waals surface area contributed by atoms with Crippen molar-refractivity contribution in [3.63, 3.8) is 0 Å². The molecule has 2 aliphatic rings. The van der Waals surface area contributed by atoms with Gasteiger partial charge in [0.1, 0.15) is 48.8 Å². The van der Waals surface area contributed by atoms with Gasteiger partial charge in [0.25, 0.3) is 0 Å². The summed E-state index contributed by atoms with van der Waals surface area (Å²) < 4.78 is 22.6. The Kier molecular flexibility index (Phi) is 32.4. The Balaban J connectivity index is 1.92. The number of aliphatic hydroxyl groups excluding tert-OH is 8. The van der Waals surface area contributed by atoms with Crippen molar-refractivity contribution in [3.05, 3.63) is 60.8 Å². The van der Waals surface area contributed by atoms with E-state index in [1.54, 1.807) is 6.08 Å². The van der Waals surface area contributed by atoms with Gasteiger partial charge in [-0.25, -0.2) is 0 Å². The Labute approximate surface area is 377 Å². The number of allylic oxidation sites excluding steroid dienone is 9. The van der Waals surface area contributed by atoms with E-state index in [0.29, 0.717) is 12.8 Å². The van der Waals surface area contributed by atoms with Gasteiger partial charge in [0, 0.05) is 6.42 Å². The van der Waals surface area contributed by atoms with E-state index in [9.17, 15) is 45.6 Å². The van der Waals surface area contributed by atoms with Crippen LogP contribution < -0.4 is 5.32 Å². The summed E-state index contributed by atoms with van der Waals surface area (Å²) >= 11 is 0. The van der Waals surface area contributed by atoms with E-state index >= 15 is 0 Å². The zero-order valence-corrected chi connectivity index (χ0v) is 38.3. The van der Waals surface area contributed by atoms with E-state index < -0.39 is 86.8 Å². The van der Waals surface area contributed by atoms with Crippen LogP contribution in [0.4, 0.5) is 0 Å². The summed E-state index contributed by atoms with van der Waals surface area (Å²) in [6.45, 7) is 2.64. The molecule has 14 heteroatoms. The van der Waals surface area contributed by atoms with Crippen LogP contribution in [0, 0.1) is 0 Å². The summed E-state index contributed by atoms with van der Waals surface area (Å²) in [4.78, 5) is 13.1. The molecule has 2 fully saturated rings. The molecule has 12 atom stereocenters. The second-order valence-electron chi connectivity index (χ2n) is 16.9. The third-order valence-electron chi connectivity index (χ3n) is 11.4. The molecule has 0 aromatic rings. The number of amides is 1. The first-order valence-electron chi connectivity index (χ1n) is 24.0. The van der Waals surface area contributed by atoms with E-state index in [0.717, 1.165) is 77.0 Å². The highest BCUT2D eigenvalue weighted by molar-refractivity contribution is 5.76. The van der Waals surface area contributed by atoms with Crippen molar-refractivity contribution in [3.8, 4) is 0 Å². The quantitative estimate of drug-likeness (QED) is 0.0284. The molecular weight excluding hydrogens is 811 g/mol. The molecule has 12 unspecified atom stereocenters. The van der Waals surface area contributed by atoms with Crippen molar-refractivity contribution in [2.45, 2.75) is 222 Å². The van der Waals surface area contributed by atoms with Crippen LogP contribution in [0.3, 0.4) is 0 Å². The number of nitrogens with one attached hydrogen (secondary N) is 1. The lowest BCUT2D eigenvalue weighted by Gasteiger charge is -2.46. The lowest BCUT2D eigenvalue weighted by atomic mass is 9.97. The molecule has 0 aliphatic carbocycles. The van der Waals surface area contributed by atoms with Gasteiger partial charge in [-0.1, -0.05) is 132 Å². The van der Waals surface area contributed by atoms with Gasteiger partial charge in [-0.3, -0.25) is 4.79 Å². The Morgan fingerprint density at radius 2 is 1.10 bits per heavy atom. The number of rotatable bonds is 35. The largest absolute Gasteiger partial charge is 0.394 e.